The molecule has 1 rings (SSSR count). The highest BCUT2D eigenvalue weighted by Gasteiger charge is 2.18. The Bertz CT molecular complexity index is 276. The van der Waals surface area contributed by atoms with E-state index in [4.69, 9.17) is 0 Å². The zero-order chi connectivity index (χ0) is 10.6. The van der Waals surface area contributed by atoms with Crippen LogP contribution in [-0.2, 0) is 12.8 Å². The van der Waals surface area contributed by atoms with Gasteiger partial charge in [-0.05, 0) is 37.4 Å². The van der Waals surface area contributed by atoms with Crippen LogP contribution in [0.1, 0.15) is 30.5 Å². The highest BCUT2D eigenvalue weighted by Crippen LogP contribution is 2.26. The molecule has 1 nitrogen and oxygen atoms in total. The zero-order valence-corrected chi connectivity index (χ0v) is 10.5. The molecule has 0 fully saturated rings. The maximum Gasteiger partial charge on any atom is 0.00539 e. The predicted octanol–water partition coefficient (Wildman–Crippen LogP) is 3.10. The summed E-state index contributed by atoms with van der Waals surface area (Å²) in [6.45, 7) is 7.92. The number of hydrogen-bond acceptors (Lipinski definition) is 2. The fourth-order valence-electron chi connectivity index (χ4n) is 1.72. The lowest BCUT2D eigenvalue weighted by Gasteiger charge is -2.23. The predicted molar refractivity (Wildman–Crippen MR) is 65.1 cm³/mol. The number of aryl methyl sites for hydroxylation is 1. The molecule has 0 aromatic carbocycles. The summed E-state index contributed by atoms with van der Waals surface area (Å²) in [5.41, 5.74) is 0.366. The van der Waals surface area contributed by atoms with Gasteiger partial charge in [0.25, 0.3) is 0 Å². The number of hydrogen-bond donors (Lipinski definition) is 1. The smallest absolute Gasteiger partial charge is 0.00539 e. The van der Waals surface area contributed by atoms with Crippen LogP contribution in [0.25, 0.3) is 0 Å². The number of nitrogens with one attached hydrogen (secondary N) is 1. The second kappa shape index (κ2) is 4.94. The van der Waals surface area contributed by atoms with Crippen molar-refractivity contribution in [1.29, 1.82) is 0 Å². The van der Waals surface area contributed by atoms with Gasteiger partial charge in [-0.15, -0.1) is 11.3 Å². The van der Waals surface area contributed by atoms with Crippen molar-refractivity contribution < 1.29 is 0 Å². The molecule has 0 saturated heterocycles. The first-order valence-electron chi connectivity index (χ1n) is 5.29. The summed E-state index contributed by atoms with van der Waals surface area (Å²) >= 11 is 1.96. The molecule has 14 heavy (non-hydrogen) atoms. The van der Waals surface area contributed by atoms with Crippen LogP contribution in [0.2, 0.25) is 0 Å². The largest absolute Gasteiger partial charge is 0.319 e. The van der Waals surface area contributed by atoms with Gasteiger partial charge < -0.3 is 5.32 Å². The van der Waals surface area contributed by atoms with Gasteiger partial charge in [0.15, 0.2) is 0 Å². The molecule has 1 N–H and O–H groups in total. The van der Waals surface area contributed by atoms with Gasteiger partial charge in [-0.2, -0.15) is 0 Å². The Balaban J connectivity index is 2.58. The van der Waals surface area contributed by atoms with Crippen molar-refractivity contribution in [2.75, 3.05) is 13.6 Å². The van der Waals surface area contributed by atoms with Crippen LogP contribution in [0.15, 0.2) is 12.1 Å². The molecule has 0 unspecified atom stereocenters. The fraction of sp³-hybridized carbons (Fsp3) is 0.667. The average Bonchev–Trinajstić information content (AvgIpc) is 2.51. The Morgan fingerprint density at radius 2 is 1.93 bits per heavy atom. The Morgan fingerprint density at radius 1 is 1.29 bits per heavy atom. The highest BCUT2D eigenvalue weighted by molar-refractivity contribution is 7.11. The molecule has 0 aliphatic carbocycles. The second-order valence-electron chi connectivity index (χ2n) is 4.59. The third kappa shape index (κ3) is 3.43. The fourth-order valence-corrected chi connectivity index (χ4v) is 2.94. The Kier molecular flexibility index (Phi) is 4.14. The molecule has 0 saturated carbocycles. The minimum atomic E-state index is 0.366. The topological polar surface area (TPSA) is 12.0 Å². The van der Waals surface area contributed by atoms with Crippen molar-refractivity contribution in [3.8, 4) is 0 Å². The molecule has 0 bridgehead atoms. The van der Waals surface area contributed by atoms with E-state index in [-0.39, 0.29) is 0 Å². The van der Waals surface area contributed by atoms with Crippen molar-refractivity contribution in [1.82, 2.24) is 5.32 Å². The van der Waals surface area contributed by atoms with Gasteiger partial charge in [-0.1, -0.05) is 20.8 Å². The van der Waals surface area contributed by atoms with E-state index in [1.54, 1.807) is 0 Å². The molecular formula is C12H21NS. The van der Waals surface area contributed by atoms with Crippen molar-refractivity contribution in [3.05, 3.63) is 21.9 Å². The summed E-state index contributed by atoms with van der Waals surface area (Å²) in [4.78, 5) is 3.02. The van der Waals surface area contributed by atoms with Crippen LogP contribution in [0.3, 0.4) is 0 Å². The molecule has 1 aromatic rings. The van der Waals surface area contributed by atoms with Crippen molar-refractivity contribution in [3.63, 3.8) is 0 Å². The van der Waals surface area contributed by atoms with Gasteiger partial charge >= 0.3 is 0 Å². The van der Waals surface area contributed by atoms with E-state index in [0.29, 0.717) is 5.41 Å². The van der Waals surface area contributed by atoms with Crippen LogP contribution in [0, 0.1) is 5.41 Å². The average molecular weight is 211 g/mol. The van der Waals surface area contributed by atoms with Gasteiger partial charge in [0.05, 0.1) is 0 Å². The van der Waals surface area contributed by atoms with Crippen LogP contribution in [0.4, 0.5) is 0 Å². The molecule has 0 aliphatic rings. The van der Waals surface area contributed by atoms with Gasteiger partial charge in [-0.3, -0.25) is 0 Å². The molecule has 2 heteroatoms. The molecule has 0 radical (unpaired) electrons. The van der Waals surface area contributed by atoms with Crippen LogP contribution < -0.4 is 5.32 Å². The first-order chi connectivity index (χ1) is 6.57. The molecule has 1 aromatic heterocycles. The first kappa shape index (κ1) is 11.7. The summed E-state index contributed by atoms with van der Waals surface area (Å²) in [6, 6.07) is 4.54. The van der Waals surface area contributed by atoms with Gasteiger partial charge in [0.2, 0.25) is 0 Å². The van der Waals surface area contributed by atoms with E-state index >= 15 is 0 Å². The molecule has 80 valence electrons. The van der Waals surface area contributed by atoms with Gasteiger partial charge in [-0.25, -0.2) is 0 Å². The Morgan fingerprint density at radius 3 is 2.43 bits per heavy atom. The molecule has 0 aliphatic heterocycles. The molecule has 0 atom stereocenters. The van der Waals surface area contributed by atoms with Crippen molar-refractivity contribution >= 4 is 11.3 Å². The highest BCUT2D eigenvalue weighted by atomic mass is 32.1. The number of thiophene rings is 1. The van der Waals surface area contributed by atoms with E-state index in [1.165, 1.54) is 16.2 Å². The number of rotatable bonds is 5. The molecule has 0 spiro atoms. The van der Waals surface area contributed by atoms with Crippen LogP contribution in [-0.4, -0.2) is 13.6 Å². The summed E-state index contributed by atoms with van der Waals surface area (Å²) in [7, 11) is 2.02. The maximum absolute atomic E-state index is 3.25. The minimum absolute atomic E-state index is 0.366. The normalized spacial score (nSPS) is 12.0. The minimum Gasteiger partial charge on any atom is -0.319 e. The summed E-state index contributed by atoms with van der Waals surface area (Å²) in [6.07, 6.45) is 2.34. The van der Waals surface area contributed by atoms with E-state index in [0.717, 1.165) is 13.0 Å². The summed E-state index contributed by atoms with van der Waals surface area (Å²) < 4.78 is 0. The van der Waals surface area contributed by atoms with Crippen molar-refractivity contribution in [2.24, 2.45) is 5.41 Å². The monoisotopic (exact) mass is 211 g/mol. The van der Waals surface area contributed by atoms with E-state index in [9.17, 15) is 0 Å². The standard InChI is InChI=1S/C12H21NS/c1-5-10-6-7-11(14-10)8-12(2,3)9-13-4/h6-7,13H,5,8-9H2,1-4H3. The van der Waals surface area contributed by atoms with E-state index in [2.05, 4.69) is 38.2 Å². The Labute approximate surface area is 91.5 Å². The first-order valence-corrected chi connectivity index (χ1v) is 6.11. The zero-order valence-electron chi connectivity index (χ0n) is 9.68. The van der Waals surface area contributed by atoms with Crippen LogP contribution in [0.5, 0.6) is 0 Å². The second-order valence-corrected chi connectivity index (χ2v) is 5.85. The lowest BCUT2D eigenvalue weighted by atomic mass is 9.89. The van der Waals surface area contributed by atoms with Gasteiger partial charge in [0, 0.05) is 16.3 Å². The van der Waals surface area contributed by atoms with Crippen LogP contribution >= 0.6 is 11.3 Å². The lowest BCUT2D eigenvalue weighted by molar-refractivity contribution is 0.352. The van der Waals surface area contributed by atoms with E-state index < -0.39 is 0 Å². The third-order valence-corrected chi connectivity index (χ3v) is 3.60. The molecule has 1 heterocycles. The molecule has 0 amide bonds. The lowest BCUT2D eigenvalue weighted by Crippen LogP contribution is -2.28. The van der Waals surface area contributed by atoms with Crippen molar-refractivity contribution in [2.45, 2.75) is 33.6 Å². The third-order valence-electron chi connectivity index (χ3n) is 2.37. The maximum atomic E-state index is 3.25. The van der Waals surface area contributed by atoms with E-state index in [1.807, 2.05) is 18.4 Å². The Hall–Kier alpha value is -0.340. The van der Waals surface area contributed by atoms with Gasteiger partial charge in [0.1, 0.15) is 0 Å². The summed E-state index contributed by atoms with van der Waals surface area (Å²) in [5.74, 6) is 0. The molecular weight excluding hydrogens is 190 g/mol. The summed E-state index contributed by atoms with van der Waals surface area (Å²) in [5, 5.41) is 3.25. The SMILES string of the molecule is CCc1ccc(CC(C)(C)CNC)s1. The quantitative estimate of drug-likeness (QED) is 0.789.